The van der Waals surface area contributed by atoms with Crippen LogP contribution in [-0.4, -0.2) is 24.9 Å². The standard InChI is InChI=1S/C19H18BrFN2O2/c20-16-7-8-17(21)15(12-16)6-9-18(24)23-13-19(25)22-11-10-14-4-2-1-3-5-14/h1-9,12H,10-11,13H2,(H,22,25)(H,23,24)/b9-6+. The Hall–Kier alpha value is -2.47. The smallest absolute Gasteiger partial charge is 0.244 e. The van der Waals surface area contributed by atoms with Crippen LogP contribution in [0, 0.1) is 5.82 Å². The number of halogens is 2. The minimum atomic E-state index is -0.461. The van der Waals surface area contributed by atoms with Gasteiger partial charge in [0, 0.05) is 22.7 Å². The number of benzene rings is 2. The first-order chi connectivity index (χ1) is 12.0. The lowest BCUT2D eigenvalue weighted by Gasteiger charge is -2.06. The molecule has 0 bridgehead atoms. The van der Waals surface area contributed by atoms with Crippen LogP contribution >= 0.6 is 15.9 Å². The van der Waals surface area contributed by atoms with E-state index in [1.807, 2.05) is 30.3 Å². The van der Waals surface area contributed by atoms with Crippen LogP contribution in [0.15, 0.2) is 59.1 Å². The molecule has 25 heavy (non-hydrogen) atoms. The summed E-state index contributed by atoms with van der Waals surface area (Å²) < 4.78 is 14.3. The fraction of sp³-hybridized carbons (Fsp3) is 0.158. The minimum Gasteiger partial charge on any atom is -0.354 e. The minimum absolute atomic E-state index is 0.126. The van der Waals surface area contributed by atoms with Gasteiger partial charge in [-0.15, -0.1) is 0 Å². The molecule has 0 aliphatic carbocycles. The van der Waals surface area contributed by atoms with Crippen molar-refractivity contribution < 1.29 is 14.0 Å². The quantitative estimate of drug-likeness (QED) is 0.696. The van der Waals surface area contributed by atoms with Gasteiger partial charge in [-0.25, -0.2) is 4.39 Å². The first-order valence-electron chi connectivity index (χ1n) is 7.76. The maximum Gasteiger partial charge on any atom is 0.244 e. The average molecular weight is 405 g/mol. The van der Waals surface area contributed by atoms with Crippen molar-refractivity contribution in [1.29, 1.82) is 0 Å². The van der Waals surface area contributed by atoms with Gasteiger partial charge in [0.05, 0.1) is 6.54 Å². The summed E-state index contributed by atoms with van der Waals surface area (Å²) in [6.45, 7) is 0.372. The molecule has 4 nitrogen and oxygen atoms in total. The molecule has 0 fully saturated rings. The Morgan fingerprint density at radius 2 is 1.84 bits per heavy atom. The van der Waals surface area contributed by atoms with Crippen LogP contribution < -0.4 is 10.6 Å². The van der Waals surface area contributed by atoms with Gasteiger partial charge in [-0.1, -0.05) is 46.3 Å². The van der Waals surface area contributed by atoms with Crippen molar-refractivity contribution in [3.8, 4) is 0 Å². The van der Waals surface area contributed by atoms with Gasteiger partial charge in [0.15, 0.2) is 0 Å². The van der Waals surface area contributed by atoms with Crippen molar-refractivity contribution in [2.45, 2.75) is 6.42 Å². The summed E-state index contributed by atoms with van der Waals surface area (Å²) in [5.74, 6) is -1.16. The zero-order chi connectivity index (χ0) is 18.1. The molecule has 0 unspecified atom stereocenters. The van der Waals surface area contributed by atoms with E-state index in [9.17, 15) is 14.0 Å². The molecule has 0 saturated carbocycles. The van der Waals surface area contributed by atoms with Gasteiger partial charge < -0.3 is 10.6 Å². The molecule has 6 heteroatoms. The normalized spacial score (nSPS) is 10.6. The lowest BCUT2D eigenvalue weighted by molar-refractivity contribution is -0.123. The lowest BCUT2D eigenvalue weighted by atomic mass is 10.1. The molecule has 0 radical (unpaired) electrons. The molecule has 0 saturated heterocycles. The van der Waals surface area contributed by atoms with Crippen LogP contribution in [-0.2, 0) is 16.0 Å². The van der Waals surface area contributed by atoms with E-state index in [4.69, 9.17) is 0 Å². The van der Waals surface area contributed by atoms with Crippen molar-refractivity contribution in [3.05, 3.63) is 76.0 Å². The summed E-state index contributed by atoms with van der Waals surface area (Å²) in [6.07, 6.45) is 3.29. The zero-order valence-corrected chi connectivity index (χ0v) is 15.1. The SMILES string of the molecule is O=C(/C=C/c1cc(Br)ccc1F)NCC(=O)NCCc1ccccc1. The first kappa shape index (κ1) is 18.9. The highest BCUT2D eigenvalue weighted by Gasteiger charge is 2.04. The molecule has 0 aromatic heterocycles. The van der Waals surface area contributed by atoms with Crippen LogP contribution in [0.5, 0.6) is 0 Å². The van der Waals surface area contributed by atoms with Gasteiger partial charge in [-0.05, 0) is 36.3 Å². The first-order valence-corrected chi connectivity index (χ1v) is 8.55. The number of hydrogen-bond donors (Lipinski definition) is 2. The second-order valence-corrected chi connectivity index (χ2v) is 6.22. The maximum atomic E-state index is 13.5. The number of carbonyl (C=O) groups excluding carboxylic acids is 2. The van der Waals surface area contributed by atoms with Crippen LogP contribution in [0.3, 0.4) is 0 Å². The summed E-state index contributed by atoms with van der Waals surface area (Å²) in [4.78, 5) is 23.4. The fourth-order valence-electron chi connectivity index (χ4n) is 2.09. The van der Waals surface area contributed by atoms with Gasteiger partial charge in [0.1, 0.15) is 5.82 Å². The van der Waals surface area contributed by atoms with Crippen molar-refractivity contribution in [2.75, 3.05) is 13.1 Å². The number of amides is 2. The summed E-state index contributed by atoms with van der Waals surface area (Å²) in [5.41, 5.74) is 1.42. The van der Waals surface area contributed by atoms with E-state index in [1.165, 1.54) is 18.2 Å². The second kappa shape index (κ2) is 9.74. The van der Waals surface area contributed by atoms with Gasteiger partial charge in [0.25, 0.3) is 0 Å². The van der Waals surface area contributed by atoms with Crippen molar-refractivity contribution in [2.24, 2.45) is 0 Å². The molecule has 0 atom stereocenters. The Balaban J connectivity index is 1.71. The average Bonchev–Trinajstić information content (AvgIpc) is 2.61. The number of carbonyl (C=O) groups is 2. The molecule has 0 spiro atoms. The molecule has 2 N–H and O–H groups in total. The van der Waals surface area contributed by atoms with Crippen molar-refractivity contribution in [3.63, 3.8) is 0 Å². The summed E-state index contributed by atoms with van der Waals surface area (Å²) in [7, 11) is 0. The molecular formula is C19H18BrFN2O2. The largest absolute Gasteiger partial charge is 0.354 e. The topological polar surface area (TPSA) is 58.2 Å². The highest BCUT2D eigenvalue weighted by atomic mass is 79.9. The fourth-order valence-corrected chi connectivity index (χ4v) is 2.47. The zero-order valence-electron chi connectivity index (χ0n) is 13.5. The lowest BCUT2D eigenvalue weighted by Crippen LogP contribution is -2.37. The van der Waals surface area contributed by atoms with E-state index in [0.29, 0.717) is 11.0 Å². The Morgan fingerprint density at radius 1 is 1.08 bits per heavy atom. The molecule has 130 valence electrons. The second-order valence-electron chi connectivity index (χ2n) is 5.30. The summed E-state index contributed by atoms with van der Waals surface area (Å²) >= 11 is 3.24. The molecule has 2 aromatic rings. The monoisotopic (exact) mass is 404 g/mol. The van der Waals surface area contributed by atoms with E-state index < -0.39 is 11.7 Å². The predicted molar refractivity (Wildman–Crippen MR) is 99.3 cm³/mol. The Kier molecular flexibility index (Phi) is 7.35. The maximum absolute atomic E-state index is 13.5. The summed E-state index contributed by atoms with van der Waals surface area (Å²) in [6, 6.07) is 14.2. The van der Waals surface area contributed by atoms with Crippen LogP contribution in [0.4, 0.5) is 4.39 Å². The van der Waals surface area contributed by atoms with Gasteiger partial charge in [0.2, 0.25) is 11.8 Å². The number of rotatable bonds is 7. The molecule has 2 aromatic carbocycles. The third-order valence-electron chi connectivity index (χ3n) is 3.37. The third kappa shape index (κ3) is 6.89. The predicted octanol–water partition coefficient (Wildman–Crippen LogP) is 3.08. The summed E-state index contributed by atoms with van der Waals surface area (Å²) in [5, 5.41) is 5.20. The van der Waals surface area contributed by atoms with E-state index in [1.54, 1.807) is 12.1 Å². The van der Waals surface area contributed by atoms with Gasteiger partial charge >= 0.3 is 0 Å². The van der Waals surface area contributed by atoms with E-state index >= 15 is 0 Å². The Labute approximate surface area is 154 Å². The van der Waals surface area contributed by atoms with E-state index in [2.05, 4.69) is 26.6 Å². The number of hydrogen-bond acceptors (Lipinski definition) is 2. The van der Waals surface area contributed by atoms with Crippen molar-refractivity contribution in [1.82, 2.24) is 10.6 Å². The Morgan fingerprint density at radius 3 is 2.60 bits per heavy atom. The molecular weight excluding hydrogens is 387 g/mol. The van der Waals surface area contributed by atoms with E-state index in [-0.39, 0.29) is 18.0 Å². The van der Waals surface area contributed by atoms with E-state index in [0.717, 1.165) is 12.0 Å². The number of nitrogens with one attached hydrogen (secondary N) is 2. The van der Waals surface area contributed by atoms with Gasteiger partial charge in [-0.2, -0.15) is 0 Å². The van der Waals surface area contributed by atoms with Gasteiger partial charge in [-0.3, -0.25) is 9.59 Å². The van der Waals surface area contributed by atoms with Crippen molar-refractivity contribution >= 4 is 33.8 Å². The van der Waals surface area contributed by atoms with Crippen LogP contribution in [0.2, 0.25) is 0 Å². The van der Waals surface area contributed by atoms with Crippen LogP contribution in [0.1, 0.15) is 11.1 Å². The van der Waals surface area contributed by atoms with Crippen LogP contribution in [0.25, 0.3) is 6.08 Å². The molecule has 0 aliphatic rings. The highest BCUT2D eigenvalue weighted by Crippen LogP contribution is 2.16. The highest BCUT2D eigenvalue weighted by molar-refractivity contribution is 9.10. The molecule has 0 aliphatic heterocycles. The Bertz CT molecular complexity index is 763. The molecule has 2 amide bonds. The molecule has 0 heterocycles. The molecule has 2 rings (SSSR count). The third-order valence-corrected chi connectivity index (χ3v) is 3.87.